The quantitative estimate of drug-likeness (QED) is 0.0673. The Balaban J connectivity index is 0.000000278. The average molecular weight is 786 g/mol. The summed E-state index contributed by atoms with van der Waals surface area (Å²) in [6, 6.07) is 24.9. The molecule has 0 heterocycles. The molecular weight excluding hydrogens is 755 g/mol. The maximum atomic E-state index is 12.5. The van der Waals surface area contributed by atoms with Crippen LogP contribution in [0.15, 0.2) is 135 Å². The van der Waals surface area contributed by atoms with Crippen LogP contribution in [0.4, 0.5) is 0 Å². The highest BCUT2D eigenvalue weighted by Crippen LogP contribution is 2.31. The second-order valence-corrected chi connectivity index (χ2v) is 12.9. The molecule has 0 bridgehead atoms. The van der Waals surface area contributed by atoms with Gasteiger partial charge in [-0.25, -0.2) is 4.79 Å². The fourth-order valence-electron chi connectivity index (χ4n) is 4.35. The highest BCUT2D eigenvalue weighted by atomic mass is 35.5. The van der Waals surface area contributed by atoms with E-state index in [4.69, 9.17) is 74.7 Å². The number of halogens is 6. The SMILES string of the molecule is C=CCN(CC=C)C(=O)/C=C/C(=C/c1ccc(Cl)cc1)c1ccc(Cl)cc1Cl.O=C(O)/C=C/C(=C/c1ccc(Cl)cc1)c1ccc(Cl)cc1Cl. The van der Waals surface area contributed by atoms with Gasteiger partial charge >= 0.3 is 5.97 Å². The molecular formula is C40H31Cl6NO3. The minimum atomic E-state index is -1.04. The van der Waals surface area contributed by atoms with Crippen LogP contribution in [0, 0.1) is 0 Å². The Morgan fingerprint density at radius 1 is 0.560 bits per heavy atom. The van der Waals surface area contributed by atoms with E-state index in [0.717, 1.165) is 28.3 Å². The number of carboxylic acid groups (broad SMARTS) is 1. The molecule has 4 aromatic carbocycles. The molecule has 0 aliphatic heterocycles. The van der Waals surface area contributed by atoms with Crippen molar-refractivity contribution in [3.05, 3.63) is 187 Å². The zero-order valence-electron chi connectivity index (χ0n) is 26.5. The fraction of sp³-hybridized carbons (Fsp3) is 0.0500. The number of amides is 1. The summed E-state index contributed by atoms with van der Waals surface area (Å²) < 4.78 is 0. The number of hydrogen-bond acceptors (Lipinski definition) is 2. The third kappa shape index (κ3) is 13.4. The smallest absolute Gasteiger partial charge is 0.328 e. The molecule has 0 saturated carbocycles. The predicted molar refractivity (Wildman–Crippen MR) is 214 cm³/mol. The van der Waals surface area contributed by atoms with Crippen molar-refractivity contribution in [2.45, 2.75) is 0 Å². The number of carbonyl (C=O) groups excluding carboxylic acids is 1. The first-order valence-electron chi connectivity index (χ1n) is 14.8. The lowest BCUT2D eigenvalue weighted by atomic mass is 10.0. The van der Waals surface area contributed by atoms with E-state index in [-0.39, 0.29) is 5.91 Å². The Kier molecular flexibility index (Phi) is 16.7. The molecule has 0 saturated heterocycles. The minimum absolute atomic E-state index is 0.146. The molecule has 50 heavy (non-hydrogen) atoms. The number of rotatable bonds is 12. The minimum Gasteiger partial charge on any atom is -0.478 e. The van der Waals surface area contributed by atoms with Gasteiger partial charge in [-0.15, -0.1) is 13.2 Å². The molecule has 4 rings (SSSR count). The third-order valence-corrected chi connectivity index (χ3v) is 8.29. The Bertz CT molecular complexity index is 1940. The van der Waals surface area contributed by atoms with Gasteiger partial charge in [-0.1, -0.05) is 118 Å². The van der Waals surface area contributed by atoms with E-state index in [2.05, 4.69) is 13.2 Å². The summed E-state index contributed by atoms with van der Waals surface area (Å²) in [6.07, 6.45) is 12.9. The summed E-state index contributed by atoms with van der Waals surface area (Å²) in [7, 11) is 0. The van der Waals surface area contributed by atoms with Crippen LogP contribution in [-0.2, 0) is 9.59 Å². The fourth-order valence-corrected chi connectivity index (χ4v) is 5.64. The number of allylic oxidation sites excluding steroid dienone is 4. The first-order valence-corrected chi connectivity index (χ1v) is 17.1. The zero-order chi connectivity index (χ0) is 36.6. The molecule has 0 aliphatic carbocycles. The molecule has 0 radical (unpaired) electrons. The third-order valence-electron chi connectivity index (χ3n) is 6.69. The number of aliphatic carboxylic acids is 1. The summed E-state index contributed by atoms with van der Waals surface area (Å²) in [5, 5.41) is 12.1. The molecule has 0 atom stereocenters. The Morgan fingerprint density at radius 3 is 1.30 bits per heavy atom. The lowest BCUT2D eigenvalue weighted by molar-refractivity contribution is -0.131. The highest BCUT2D eigenvalue weighted by Gasteiger charge is 2.10. The van der Waals surface area contributed by atoms with Crippen LogP contribution in [0.3, 0.4) is 0 Å². The van der Waals surface area contributed by atoms with Crippen LogP contribution in [-0.4, -0.2) is 35.0 Å². The van der Waals surface area contributed by atoms with Gasteiger partial charge in [-0.2, -0.15) is 0 Å². The van der Waals surface area contributed by atoms with Crippen molar-refractivity contribution < 1.29 is 14.7 Å². The first-order chi connectivity index (χ1) is 23.9. The highest BCUT2D eigenvalue weighted by molar-refractivity contribution is 6.36. The Hall–Kier alpha value is -4.00. The van der Waals surface area contributed by atoms with Gasteiger partial charge in [0.1, 0.15) is 0 Å². The van der Waals surface area contributed by atoms with E-state index in [0.29, 0.717) is 54.4 Å². The van der Waals surface area contributed by atoms with Crippen molar-refractivity contribution in [3.63, 3.8) is 0 Å². The van der Waals surface area contributed by atoms with Crippen LogP contribution in [0.5, 0.6) is 0 Å². The molecule has 1 N–H and O–H groups in total. The topological polar surface area (TPSA) is 57.6 Å². The molecule has 0 aromatic heterocycles. The summed E-state index contributed by atoms with van der Waals surface area (Å²) in [4.78, 5) is 25.0. The summed E-state index contributed by atoms with van der Waals surface area (Å²) >= 11 is 36.3. The van der Waals surface area contributed by atoms with Crippen LogP contribution in [0.1, 0.15) is 22.3 Å². The van der Waals surface area contributed by atoms with Crippen molar-refractivity contribution >= 4 is 105 Å². The molecule has 0 spiro atoms. The van der Waals surface area contributed by atoms with E-state index in [1.807, 2.05) is 42.5 Å². The lowest BCUT2D eigenvalue weighted by Gasteiger charge is -2.17. The zero-order valence-corrected chi connectivity index (χ0v) is 31.0. The van der Waals surface area contributed by atoms with Gasteiger partial charge in [0, 0.05) is 66.5 Å². The number of benzene rings is 4. The van der Waals surface area contributed by atoms with E-state index in [1.54, 1.807) is 77.7 Å². The van der Waals surface area contributed by atoms with E-state index in [9.17, 15) is 9.59 Å². The molecule has 0 unspecified atom stereocenters. The van der Waals surface area contributed by atoms with E-state index < -0.39 is 5.97 Å². The summed E-state index contributed by atoms with van der Waals surface area (Å²) in [5.74, 6) is -1.18. The van der Waals surface area contributed by atoms with Crippen molar-refractivity contribution in [1.82, 2.24) is 4.90 Å². The predicted octanol–water partition coefficient (Wildman–Crippen LogP) is 12.8. The standard InChI is InChI=1S/C23H20Cl3NO.C17H11Cl3O2/c1-3-13-27(14-4-2)23(28)12-7-18(15-17-5-8-19(24)9-6-17)21-11-10-20(25)16-22(21)26;18-13-4-1-11(2-5-13)9-12(3-8-17(21)22)15-7-6-14(19)10-16(15)20/h3-12,15-16H,1-2,13-14H2;1-10H,(H,21,22)/b12-7+,18-15-;8-3+,12-9-. The van der Waals surface area contributed by atoms with Crippen LogP contribution in [0.25, 0.3) is 23.3 Å². The number of nitrogens with zero attached hydrogens (tertiary/aromatic N) is 1. The van der Waals surface area contributed by atoms with Gasteiger partial charge in [0.05, 0.1) is 0 Å². The maximum absolute atomic E-state index is 12.5. The molecule has 4 aromatic rings. The molecule has 4 nitrogen and oxygen atoms in total. The molecule has 0 fully saturated rings. The average Bonchev–Trinajstić information content (AvgIpc) is 3.07. The first kappa shape index (κ1) is 40.4. The van der Waals surface area contributed by atoms with Gasteiger partial charge in [0.15, 0.2) is 0 Å². The lowest BCUT2D eigenvalue weighted by Crippen LogP contribution is -2.29. The molecule has 0 aliphatic rings. The summed E-state index contributed by atoms with van der Waals surface area (Å²) in [5.41, 5.74) is 4.69. The second kappa shape index (κ2) is 20.6. The summed E-state index contributed by atoms with van der Waals surface area (Å²) in [6.45, 7) is 8.25. The van der Waals surface area contributed by atoms with Gasteiger partial charge in [-0.05, 0) is 95.1 Å². The number of carboxylic acids is 1. The van der Waals surface area contributed by atoms with Gasteiger partial charge in [0.25, 0.3) is 0 Å². The molecule has 256 valence electrons. The normalized spacial score (nSPS) is 11.6. The maximum Gasteiger partial charge on any atom is 0.328 e. The van der Waals surface area contributed by atoms with Crippen molar-refractivity contribution in [3.8, 4) is 0 Å². The van der Waals surface area contributed by atoms with Gasteiger partial charge in [-0.3, -0.25) is 4.79 Å². The van der Waals surface area contributed by atoms with E-state index in [1.165, 1.54) is 12.2 Å². The van der Waals surface area contributed by atoms with Gasteiger partial charge < -0.3 is 10.0 Å². The molecule has 1 amide bonds. The Morgan fingerprint density at radius 2 is 0.940 bits per heavy atom. The largest absolute Gasteiger partial charge is 0.478 e. The second-order valence-electron chi connectivity index (χ2n) is 10.4. The van der Waals surface area contributed by atoms with Crippen molar-refractivity contribution in [2.24, 2.45) is 0 Å². The monoisotopic (exact) mass is 783 g/mol. The van der Waals surface area contributed by atoms with Crippen molar-refractivity contribution in [2.75, 3.05) is 13.1 Å². The number of carbonyl (C=O) groups is 2. The van der Waals surface area contributed by atoms with Crippen LogP contribution >= 0.6 is 69.6 Å². The van der Waals surface area contributed by atoms with Crippen LogP contribution < -0.4 is 0 Å². The van der Waals surface area contributed by atoms with Crippen molar-refractivity contribution in [1.29, 1.82) is 0 Å². The van der Waals surface area contributed by atoms with E-state index >= 15 is 0 Å². The Labute approximate surface area is 322 Å². The van der Waals surface area contributed by atoms with Crippen LogP contribution in [0.2, 0.25) is 30.1 Å². The molecule has 10 heteroatoms. The van der Waals surface area contributed by atoms with Gasteiger partial charge in [0.2, 0.25) is 5.91 Å². The number of hydrogen-bond donors (Lipinski definition) is 1.